The minimum absolute atomic E-state index is 0.0206. The number of hydrogen-bond donors (Lipinski definition) is 2. The van der Waals surface area contributed by atoms with Gasteiger partial charge in [-0.1, -0.05) is 48.0 Å². The molecule has 2 N–H and O–H groups in total. The minimum Gasteiger partial charge on any atom is -0.322 e. The molecule has 3 rings (SSSR count). The van der Waals surface area contributed by atoms with Crippen LogP contribution in [0.25, 0.3) is 0 Å². The van der Waals surface area contributed by atoms with Crippen LogP contribution in [0.3, 0.4) is 0 Å². The highest BCUT2D eigenvalue weighted by Crippen LogP contribution is 2.23. The van der Waals surface area contributed by atoms with E-state index in [2.05, 4.69) is 10.0 Å². The molecule has 0 aliphatic carbocycles. The third-order valence-corrected chi connectivity index (χ3v) is 6.73. The summed E-state index contributed by atoms with van der Waals surface area (Å²) in [4.78, 5) is 13.1. The van der Waals surface area contributed by atoms with Crippen molar-refractivity contribution in [2.24, 2.45) is 0 Å². The van der Waals surface area contributed by atoms with E-state index < -0.39 is 33.6 Å². The summed E-state index contributed by atoms with van der Waals surface area (Å²) >= 11 is 0. The van der Waals surface area contributed by atoms with Crippen molar-refractivity contribution >= 4 is 21.6 Å². The third-order valence-electron chi connectivity index (χ3n) is 4.96. The summed E-state index contributed by atoms with van der Waals surface area (Å²) in [6.45, 7) is 5.23. The van der Waals surface area contributed by atoms with Crippen LogP contribution in [-0.2, 0) is 21.2 Å². The quantitative estimate of drug-likeness (QED) is 0.551. The Labute approximate surface area is 186 Å². The van der Waals surface area contributed by atoms with Gasteiger partial charge in [-0.05, 0) is 56.0 Å². The average molecular weight is 459 g/mol. The molecule has 1 unspecified atom stereocenters. The maximum atomic E-state index is 14.0. The molecule has 0 saturated heterocycles. The smallest absolute Gasteiger partial charge is 0.242 e. The summed E-state index contributed by atoms with van der Waals surface area (Å²) in [6.07, 6.45) is 0.0206. The molecule has 0 aromatic heterocycles. The number of nitrogens with one attached hydrogen (secondary N) is 2. The van der Waals surface area contributed by atoms with E-state index in [1.54, 1.807) is 56.3 Å². The van der Waals surface area contributed by atoms with Gasteiger partial charge < -0.3 is 5.32 Å². The number of sulfonamides is 1. The van der Waals surface area contributed by atoms with Crippen molar-refractivity contribution in [1.29, 1.82) is 0 Å². The Morgan fingerprint density at radius 3 is 2.19 bits per heavy atom. The maximum Gasteiger partial charge on any atom is 0.242 e. The Morgan fingerprint density at radius 2 is 1.56 bits per heavy atom. The first kappa shape index (κ1) is 23.6. The molecule has 32 heavy (non-hydrogen) atoms. The van der Waals surface area contributed by atoms with E-state index in [0.29, 0.717) is 16.7 Å². The number of amides is 1. The van der Waals surface area contributed by atoms with Crippen molar-refractivity contribution in [1.82, 2.24) is 4.72 Å². The van der Waals surface area contributed by atoms with Gasteiger partial charge in [-0.3, -0.25) is 4.79 Å². The van der Waals surface area contributed by atoms with Gasteiger partial charge in [-0.25, -0.2) is 17.2 Å². The monoisotopic (exact) mass is 458 g/mol. The number of rotatable bonds is 7. The molecular weight excluding hydrogens is 434 g/mol. The summed E-state index contributed by atoms with van der Waals surface area (Å²) in [7, 11) is -4.09. The Bertz CT molecular complexity index is 1220. The minimum atomic E-state index is -4.09. The highest BCUT2D eigenvalue weighted by molar-refractivity contribution is 7.89. The van der Waals surface area contributed by atoms with Crippen molar-refractivity contribution in [2.75, 3.05) is 5.32 Å². The highest BCUT2D eigenvalue weighted by atomic mass is 32.2. The molecule has 1 amide bonds. The standard InChI is InChI=1S/C24H24F2N2O3S/c1-15-11-16(2)23(17(3)12-15)32(30,31)28-22(13-18-7-5-4-6-8-18)24(29)27-21-14-19(25)9-10-20(21)26/h4-12,14,22,28H,13H2,1-3H3,(H,27,29). The highest BCUT2D eigenvalue weighted by Gasteiger charge is 2.29. The van der Waals surface area contributed by atoms with Crippen LogP contribution in [0.4, 0.5) is 14.5 Å². The van der Waals surface area contributed by atoms with Gasteiger partial charge in [-0.2, -0.15) is 4.72 Å². The topological polar surface area (TPSA) is 75.3 Å². The lowest BCUT2D eigenvalue weighted by Gasteiger charge is -2.21. The van der Waals surface area contributed by atoms with Gasteiger partial charge in [0.1, 0.15) is 17.7 Å². The van der Waals surface area contributed by atoms with Crippen LogP contribution in [0, 0.1) is 32.4 Å². The predicted molar refractivity (Wildman–Crippen MR) is 120 cm³/mol. The zero-order chi connectivity index (χ0) is 23.5. The molecule has 5 nitrogen and oxygen atoms in total. The van der Waals surface area contributed by atoms with Crippen molar-refractivity contribution in [3.05, 3.63) is 94.6 Å². The number of carbonyl (C=O) groups excluding carboxylic acids is 1. The van der Waals surface area contributed by atoms with E-state index in [1.165, 1.54) is 0 Å². The van der Waals surface area contributed by atoms with Gasteiger partial charge in [0.25, 0.3) is 0 Å². The Hall–Kier alpha value is -3.10. The number of hydrogen-bond acceptors (Lipinski definition) is 3. The molecule has 0 aliphatic heterocycles. The molecule has 0 fully saturated rings. The predicted octanol–water partition coefficient (Wildman–Crippen LogP) is 4.42. The molecule has 1 atom stereocenters. The van der Waals surface area contributed by atoms with Gasteiger partial charge in [-0.15, -0.1) is 0 Å². The van der Waals surface area contributed by atoms with E-state index in [9.17, 15) is 22.0 Å². The van der Waals surface area contributed by atoms with Gasteiger partial charge in [0, 0.05) is 6.07 Å². The molecule has 0 bridgehead atoms. The van der Waals surface area contributed by atoms with Crippen molar-refractivity contribution in [2.45, 2.75) is 38.1 Å². The van der Waals surface area contributed by atoms with Crippen LogP contribution in [0.5, 0.6) is 0 Å². The second kappa shape index (κ2) is 9.58. The van der Waals surface area contributed by atoms with Gasteiger partial charge in [0.15, 0.2) is 0 Å². The molecule has 0 spiro atoms. The average Bonchev–Trinajstić information content (AvgIpc) is 2.69. The largest absolute Gasteiger partial charge is 0.322 e. The van der Waals surface area contributed by atoms with Crippen LogP contribution in [-0.4, -0.2) is 20.4 Å². The molecule has 168 valence electrons. The first-order valence-electron chi connectivity index (χ1n) is 9.97. The van der Waals surface area contributed by atoms with Crippen molar-refractivity contribution in [3.8, 4) is 0 Å². The van der Waals surface area contributed by atoms with Crippen LogP contribution >= 0.6 is 0 Å². The molecule has 3 aromatic rings. The van der Waals surface area contributed by atoms with Gasteiger partial charge >= 0.3 is 0 Å². The molecule has 0 saturated carbocycles. The summed E-state index contributed by atoms with van der Waals surface area (Å²) in [6, 6.07) is 13.7. The van der Waals surface area contributed by atoms with E-state index in [4.69, 9.17) is 0 Å². The number of anilines is 1. The molecule has 0 heterocycles. The number of benzene rings is 3. The number of carbonyl (C=O) groups is 1. The fourth-order valence-electron chi connectivity index (χ4n) is 3.69. The second-order valence-electron chi connectivity index (χ2n) is 7.70. The van der Waals surface area contributed by atoms with Gasteiger partial charge in [0.2, 0.25) is 15.9 Å². The van der Waals surface area contributed by atoms with Crippen LogP contribution < -0.4 is 10.0 Å². The van der Waals surface area contributed by atoms with E-state index >= 15 is 0 Å². The Balaban J connectivity index is 1.96. The third kappa shape index (κ3) is 5.57. The lowest BCUT2D eigenvalue weighted by molar-refractivity contribution is -0.117. The fourth-order valence-corrected chi connectivity index (χ4v) is 5.34. The van der Waals surface area contributed by atoms with E-state index in [1.807, 2.05) is 6.92 Å². The van der Waals surface area contributed by atoms with Crippen LogP contribution in [0.2, 0.25) is 0 Å². The zero-order valence-electron chi connectivity index (χ0n) is 17.9. The summed E-state index contributed by atoms with van der Waals surface area (Å²) in [5.74, 6) is -2.36. The van der Waals surface area contributed by atoms with Crippen LogP contribution in [0.1, 0.15) is 22.3 Å². The summed E-state index contributed by atoms with van der Waals surface area (Å²) < 4.78 is 56.5. The van der Waals surface area contributed by atoms with Gasteiger partial charge in [0.05, 0.1) is 10.6 Å². The Kier molecular flexibility index (Phi) is 7.06. The van der Waals surface area contributed by atoms with Crippen LogP contribution in [0.15, 0.2) is 65.6 Å². The lowest BCUT2D eigenvalue weighted by Crippen LogP contribution is -2.45. The first-order valence-corrected chi connectivity index (χ1v) is 11.4. The summed E-state index contributed by atoms with van der Waals surface area (Å²) in [5.41, 5.74) is 2.34. The molecule has 0 aliphatic rings. The maximum absolute atomic E-state index is 14.0. The molecular formula is C24H24F2N2O3S. The Morgan fingerprint density at radius 1 is 0.938 bits per heavy atom. The number of aryl methyl sites for hydroxylation is 3. The summed E-state index contributed by atoms with van der Waals surface area (Å²) in [5, 5.41) is 2.30. The number of halogens is 2. The van der Waals surface area contributed by atoms with Crippen molar-refractivity contribution < 1.29 is 22.0 Å². The van der Waals surface area contributed by atoms with Crippen molar-refractivity contribution in [3.63, 3.8) is 0 Å². The molecule has 0 radical (unpaired) electrons. The normalized spacial score (nSPS) is 12.4. The molecule has 8 heteroatoms. The fraction of sp³-hybridized carbons (Fsp3) is 0.208. The second-order valence-corrected chi connectivity index (χ2v) is 9.36. The lowest BCUT2D eigenvalue weighted by atomic mass is 10.1. The zero-order valence-corrected chi connectivity index (χ0v) is 18.8. The molecule has 3 aromatic carbocycles. The van der Waals surface area contributed by atoms with E-state index in [-0.39, 0.29) is 17.0 Å². The SMILES string of the molecule is Cc1cc(C)c(S(=O)(=O)NC(Cc2ccccc2)C(=O)Nc2cc(F)ccc2F)c(C)c1. The van der Waals surface area contributed by atoms with E-state index in [0.717, 1.165) is 23.8 Å². The first-order chi connectivity index (χ1) is 15.1.